The minimum atomic E-state index is -0.527. The van der Waals surface area contributed by atoms with Crippen molar-refractivity contribution in [3.8, 4) is 0 Å². The van der Waals surface area contributed by atoms with E-state index in [1.807, 2.05) is 38.1 Å². The largest absolute Gasteiger partial charge is 0.394 e. The molecule has 10 heteroatoms. The first kappa shape index (κ1) is 18.0. The van der Waals surface area contributed by atoms with Gasteiger partial charge in [0.2, 0.25) is 0 Å². The third-order valence-corrected chi connectivity index (χ3v) is 5.62. The summed E-state index contributed by atoms with van der Waals surface area (Å²) in [5.74, 6) is 2.08. The van der Waals surface area contributed by atoms with Crippen LogP contribution in [-0.2, 0) is 5.75 Å². The molecule has 0 fully saturated rings. The molecule has 0 aliphatic carbocycles. The second kappa shape index (κ2) is 6.95. The number of hydrogen-bond donors (Lipinski definition) is 4. The van der Waals surface area contributed by atoms with Gasteiger partial charge in [-0.25, -0.2) is 19.9 Å². The van der Waals surface area contributed by atoms with E-state index >= 15 is 0 Å². The molecule has 0 atom stereocenters. The van der Waals surface area contributed by atoms with Crippen molar-refractivity contribution in [2.75, 3.05) is 17.7 Å². The topological polar surface area (TPSA) is 126 Å². The maximum absolute atomic E-state index is 9.56. The second-order valence-electron chi connectivity index (χ2n) is 6.72. The molecule has 0 aliphatic heterocycles. The van der Waals surface area contributed by atoms with E-state index in [4.69, 9.17) is 5.73 Å². The van der Waals surface area contributed by atoms with Crippen molar-refractivity contribution in [3.05, 3.63) is 30.1 Å². The number of hydrogen-bond acceptors (Lipinski definition) is 9. The van der Waals surface area contributed by atoms with Crippen LogP contribution in [0.4, 0.5) is 10.9 Å². The number of imidazole rings is 1. The van der Waals surface area contributed by atoms with E-state index in [1.54, 1.807) is 0 Å². The number of benzene rings is 1. The number of aromatic nitrogens is 5. The molecule has 0 amide bonds. The summed E-state index contributed by atoms with van der Waals surface area (Å²) >= 11 is 2.79. The van der Waals surface area contributed by atoms with Crippen LogP contribution in [-0.4, -0.2) is 42.2 Å². The Morgan fingerprint density at radius 2 is 2.04 bits per heavy atom. The number of nitrogens with two attached hydrogens (primary N) is 1. The summed E-state index contributed by atoms with van der Waals surface area (Å²) < 4.78 is 0.780. The van der Waals surface area contributed by atoms with E-state index in [-0.39, 0.29) is 6.61 Å². The van der Waals surface area contributed by atoms with Crippen LogP contribution in [0.15, 0.2) is 29.4 Å². The molecule has 0 saturated heterocycles. The lowest BCUT2D eigenvalue weighted by Crippen LogP contribution is -2.35. The van der Waals surface area contributed by atoms with Crippen LogP contribution < -0.4 is 11.1 Å². The average Bonchev–Trinajstić information content (AvgIpc) is 3.22. The highest BCUT2D eigenvalue weighted by molar-refractivity contribution is 7.98. The third-order valence-electron chi connectivity index (χ3n) is 3.88. The number of H-pyrrole nitrogens is 1. The van der Waals surface area contributed by atoms with Gasteiger partial charge >= 0.3 is 0 Å². The van der Waals surface area contributed by atoms with Crippen LogP contribution in [0, 0.1) is 0 Å². The minimum Gasteiger partial charge on any atom is -0.394 e. The van der Waals surface area contributed by atoms with Gasteiger partial charge in [0, 0.05) is 0 Å². The van der Waals surface area contributed by atoms with Gasteiger partial charge in [-0.05, 0) is 26.0 Å². The fourth-order valence-electron chi connectivity index (χ4n) is 2.54. The molecule has 27 heavy (non-hydrogen) atoms. The lowest BCUT2D eigenvalue weighted by Gasteiger charge is -2.24. The molecular weight excluding hydrogens is 382 g/mol. The molecule has 8 nitrogen and oxygen atoms in total. The highest BCUT2D eigenvalue weighted by Crippen LogP contribution is 2.32. The monoisotopic (exact) mass is 401 g/mol. The quantitative estimate of drug-likeness (QED) is 0.287. The first-order chi connectivity index (χ1) is 12.9. The van der Waals surface area contributed by atoms with Gasteiger partial charge in [-0.15, -0.1) is 0 Å². The second-order valence-corrected chi connectivity index (χ2v) is 8.69. The van der Waals surface area contributed by atoms with Crippen molar-refractivity contribution in [3.63, 3.8) is 0 Å². The zero-order chi connectivity index (χ0) is 19.0. The predicted octanol–water partition coefficient (Wildman–Crippen LogP) is 3.02. The van der Waals surface area contributed by atoms with E-state index in [2.05, 4.69) is 30.2 Å². The zero-order valence-corrected chi connectivity index (χ0v) is 16.5. The number of fused-ring (bicyclic) bond motifs is 2. The van der Waals surface area contributed by atoms with Gasteiger partial charge in [-0.2, -0.15) is 0 Å². The Hall–Kier alpha value is -2.43. The van der Waals surface area contributed by atoms with E-state index in [0.717, 1.165) is 21.6 Å². The van der Waals surface area contributed by atoms with E-state index < -0.39 is 5.54 Å². The number of thiazole rings is 1. The molecule has 4 rings (SSSR count). The summed E-state index contributed by atoms with van der Waals surface area (Å²) in [7, 11) is 0. The first-order valence-electron chi connectivity index (χ1n) is 8.33. The van der Waals surface area contributed by atoms with Crippen molar-refractivity contribution in [2.24, 2.45) is 0 Å². The van der Waals surface area contributed by atoms with Crippen LogP contribution >= 0.6 is 23.1 Å². The van der Waals surface area contributed by atoms with Gasteiger partial charge in [0.05, 0.1) is 28.9 Å². The molecule has 0 aliphatic rings. The van der Waals surface area contributed by atoms with E-state index in [0.29, 0.717) is 27.5 Å². The Bertz CT molecular complexity index is 1070. The standard InChI is InChI=1S/C17H19N7OS2/c1-17(2,8-25)24-14-12-13(21-15(18)27-12)22-16(23-14)26-7-11-19-9-5-3-4-6-10(9)20-11/h3-6,25H,7-8H2,1-2H3,(H,19,20)(H3,18,21,22,23,24). The molecule has 140 valence electrons. The molecule has 3 heterocycles. The molecule has 0 saturated carbocycles. The third kappa shape index (κ3) is 3.82. The lowest BCUT2D eigenvalue weighted by atomic mass is 10.1. The number of nitrogens with zero attached hydrogens (tertiary/aromatic N) is 4. The van der Waals surface area contributed by atoms with Crippen LogP contribution in [0.3, 0.4) is 0 Å². The van der Waals surface area contributed by atoms with Gasteiger partial charge < -0.3 is 21.1 Å². The Balaban J connectivity index is 1.62. The average molecular weight is 402 g/mol. The van der Waals surface area contributed by atoms with Crippen molar-refractivity contribution in [1.29, 1.82) is 0 Å². The van der Waals surface area contributed by atoms with E-state index in [9.17, 15) is 5.11 Å². The number of anilines is 2. The SMILES string of the molecule is CC(C)(CO)Nc1nc(SCc2nc3ccccc3[nH]2)nc2nc(N)sc12. The van der Waals surface area contributed by atoms with Crippen molar-refractivity contribution < 1.29 is 5.11 Å². The molecule has 0 unspecified atom stereocenters. The number of para-hydroxylation sites is 2. The number of nitrogens with one attached hydrogen (secondary N) is 2. The van der Waals surface area contributed by atoms with Crippen LogP contribution in [0.25, 0.3) is 21.4 Å². The summed E-state index contributed by atoms with van der Waals surface area (Å²) in [5.41, 5.74) is 7.82. The van der Waals surface area contributed by atoms with E-state index in [1.165, 1.54) is 23.1 Å². The van der Waals surface area contributed by atoms with Gasteiger partial charge in [0.25, 0.3) is 0 Å². The number of aromatic amines is 1. The Labute approximate surface area is 163 Å². The van der Waals surface area contributed by atoms with Gasteiger partial charge in [0.15, 0.2) is 21.8 Å². The smallest absolute Gasteiger partial charge is 0.192 e. The molecule has 4 aromatic rings. The first-order valence-corrected chi connectivity index (χ1v) is 10.1. The number of aliphatic hydroxyl groups is 1. The minimum absolute atomic E-state index is 0.0335. The Morgan fingerprint density at radius 3 is 2.81 bits per heavy atom. The zero-order valence-electron chi connectivity index (χ0n) is 14.9. The fraction of sp³-hybridized carbons (Fsp3) is 0.294. The molecule has 0 bridgehead atoms. The van der Waals surface area contributed by atoms with Crippen LogP contribution in [0.2, 0.25) is 0 Å². The van der Waals surface area contributed by atoms with Crippen molar-refractivity contribution in [2.45, 2.75) is 30.3 Å². The van der Waals surface area contributed by atoms with Gasteiger partial charge in [-0.1, -0.05) is 35.2 Å². The highest BCUT2D eigenvalue weighted by atomic mass is 32.2. The molecule has 5 N–H and O–H groups in total. The lowest BCUT2D eigenvalue weighted by molar-refractivity contribution is 0.234. The van der Waals surface area contributed by atoms with Gasteiger partial charge in [-0.3, -0.25) is 0 Å². The number of thioether (sulfide) groups is 1. The molecule has 3 aromatic heterocycles. The van der Waals surface area contributed by atoms with Crippen LogP contribution in [0.5, 0.6) is 0 Å². The maximum Gasteiger partial charge on any atom is 0.192 e. The summed E-state index contributed by atoms with van der Waals surface area (Å²) in [6.07, 6.45) is 0. The Morgan fingerprint density at radius 1 is 1.22 bits per heavy atom. The maximum atomic E-state index is 9.56. The molecule has 1 aromatic carbocycles. The van der Waals surface area contributed by atoms with Gasteiger partial charge in [0.1, 0.15) is 10.5 Å². The summed E-state index contributed by atoms with van der Waals surface area (Å²) in [6, 6.07) is 7.91. The number of aliphatic hydroxyl groups excluding tert-OH is 1. The summed E-state index contributed by atoms with van der Waals surface area (Å²) in [5, 5.41) is 13.8. The Kier molecular flexibility index (Phi) is 4.62. The van der Waals surface area contributed by atoms with Crippen LogP contribution in [0.1, 0.15) is 19.7 Å². The summed E-state index contributed by atoms with van der Waals surface area (Å²) in [6.45, 7) is 3.76. The normalized spacial score (nSPS) is 12.1. The van der Waals surface area contributed by atoms with Crippen molar-refractivity contribution in [1.82, 2.24) is 24.9 Å². The number of rotatable bonds is 6. The molecule has 0 radical (unpaired) electrons. The predicted molar refractivity (Wildman–Crippen MR) is 110 cm³/mol. The fourth-order valence-corrected chi connectivity index (χ4v) is 3.96. The van der Waals surface area contributed by atoms with Crippen molar-refractivity contribution >= 4 is 55.4 Å². The molecular formula is C17H19N7OS2. The highest BCUT2D eigenvalue weighted by Gasteiger charge is 2.21. The molecule has 0 spiro atoms. The number of nitrogen functional groups attached to an aromatic ring is 1. The summed E-state index contributed by atoms with van der Waals surface area (Å²) in [4.78, 5) is 21.3.